The van der Waals surface area contributed by atoms with Crippen LogP contribution in [0.2, 0.25) is 5.02 Å². The average Bonchev–Trinajstić information content (AvgIpc) is 2.27. The van der Waals surface area contributed by atoms with Crippen molar-refractivity contribution in [1.29, 1.82) is 0 Å². The van der Waals surface area contributed by atoms with Gasteiger partial charge in [-0.3, -0.25) is 0 Å². The SMILES string of the molecule is COc1ccc(CCCO)c(Cl)c1OC. The molecular weight excluding hydrogens is 216 g/mol. The maximum Gasteiger partial charge on any atom is 0.179 e. The molecule has 0 aromatic heterocycles. The third-order valence-corrected chi connectivity index (χ3v) is 2.58. The van der Waals surface area contributed by atoms with Crippen LogP contribution in [0.15, 0.2) is 12.1 Å². The van der Waals surface area contributed by atoms with Gasteiger partial charge < -0.3 is 14.6 Å². The van der Waals surface area contributed by atoms with E-state index in [1.165, 1.54) is 0 Å². The summed E-state index contributed by atoms with van der Waals surface area (Å²) in [5, 5.41) is 9.31. The third-order valence-electron chi connectivity index (χ3n) is 2.17. The first-order valence-corrected chi connectivity index (χ1v) is 5.12. The summed E-state index contributed by atoms with van der Waals surface area (Å²) in [6.45, 7) is 0.157. The average molecular weight is 231 g/mol. The van der Waals surface area contributed by atoms with E-state index in [0.717, 1.165) is 12.0 Å². The zero-order chi connectivity index (χ0) is 11.3. The van der Waals surface area contributed by atoms with E-state index in [4.69, 9.17) is 26.2 Å². The molecule has 0 spiro atoms. The number of rotatable bonds is 5. The fourth-order valence-electron chi connectivity index (χ4n) is 1.39. The quantitative estimate of drug-likeness (QED) is 0.844. The minimum Gasteiger partial charge on any atom is -0.493 e. The molecule has 1 aromatic carbocycles. The van der Waals surface area contributed by atoms with E-state index in [-0.39, 0.29) is 6.61 Å². The second kappa shape index (κ2) is 5.83. The van der Waals surface area contributed by atoms with E-state index in [0.29, 0.717) is 22.9 Å². The fraction of sp³-hybridized carbons (Fsp3) is 0.455. The molecule has 84 valence electrons. The van der Waals surface area contributed by atoms with Crippen LogP contribution in [-0.2, 0) is 6.42 Å². The summed E-state index contributed by atoms with van der Waals surface area (Å²) >= 11 is 6.14. The lowest BCUT2D eigenvalue weighted by Crippen LogP contribution is -1.96. The molecule has 1 aromatic rings. The van der Waals surface area contributed by atoms with Gasteiger partial charge in [0, 0.05) is 6.61 Å². The van der Waals surface area contributed by atoms with Gasteiger partial charge >= 0.3 is 0 Å². The number of aliphatic hydroxyl groups is 1. The zero-order valence-corrected chi connectivity index (χ0v) is 9.67. The Morgan fingerprint density at radius 3 is 2.53 bits per heavy atom. The van der Waals surface area contributed by atoms with Crippen molar-refractivity contribution in [2.75, 3.05) is 20.8 Å². The monoisotopic (exact) mass is 230 g/mol. The predicted octanol–water partition coefficient (Wildman–Crippen LogP) is 2.28. The van der Waals surface area contributed by atoms with Gasteiger partial charge in [-0.2, -0.15) is 0 Å². The summed E-state index contributed by atoms with van der Waals surface area (Å²) in [4.78, 5) is 0. The normalized spacial score (nSPS) is 10.1. The molecule has 1 N–H and O–H groups in total. The zero-order valence-electron chi connectivity index (χ0n) is 8.92. The van der Waals surface area contributed by atoms with Crippen molar-refractivity contribution in [3.05, 3.63) is 22.7 Å². The Bertz CT molecular complexity index is 326. The molecule has 0 unspecified atom stereocenters. The minimum atomic E-state index is 0.157. The summed E-state index contributed by atoms with van der Waals surface area (Å²) in [7, 11) is 3.13. The van der Waals surface area contributed by atoms with E-state index in [9.17, 15) is 0 Å². The molecule has 0 radical (unpaired) electrons. The maximum atomic E-state index is 8.75. The molecule has 0 atom stereocenters. The first kappa shape index (κ1) is 12.1. The highest BCUT2D eigenvalue weighted by molar-refractivity contribution is 6.33. The van der Waals surface area contributed by atoms with Crippen LogP contribution in [0, 0.1) is 0 Å². The number of halogens is 1. The van der Waals surface area contributed by atoms with Crippen LogP contribution < -0.4 is 9.47 Å². The van der Waals surface area contributed by atoms with Gasteiger partial charge in [0.05, 0.1) is 19.2 Å². The summed E-state index contributed by atoms with van der Waals surface area (Å²) in [6, 6.07) is 3.71. The van der Waals surface area contributed by atoms with Gasteiger partial charge in [0.25, 0.3) is 0 Å². The number of methoxy groups -OCH3 is 2. The molecule has 0 amide bonds. The molecule has 0 aliphatic rings. The molecule has 0 aliphatic heterocycles. The lowest BCUT2D eigenvalue weighted by Gasteiger charge is -2.12. The molecule has 0 saturated heterocycles. The van der Waals surface area contributed by atoms with E-state index in [2.05, 4.69) is 0 Å². The summed E-state index contributed by atoms with van der Waals surface area (Å²) < 4.78 is 10.3. The van der Waals surface area contributed by atoms with Crippen molar-refractivity contribution in [2.24, 2.45) is 0 Å². The van der Waals surface area contributed by atoms with Crippen LogP contribution in [0.5, 0.6) is 11.5 Å². The molecule has 0 heterocycles. The Morgan fingerprint density at radius 2 is 2.00 bits per heavy atom. The summed E-state index contributed by atoms with van der Waals surface area (Å²) in [5.41, 5.74) is 0.961. The summed E-state index contributed by atoms with van der Waals surface area (Å²) in [6.07, 6.45) is 1.42. The Labute approximate surface area is 94.6 Å². The van der Waals surface area contributed by atoms with E-state index in [1.807, 2.05) is 12.1 Å². The molecule has 0 bridgehead atoms. The minimum absolute atomic E-state index is 0.157. The van der Waals surface area contributed by atoms with Gasteiger partial charge in [-0.25, -0.2) is 0 Å². The second-order valence-corrected chi connectivity index (χ2v) is 3.48. The van der Waals surface area contributed by atoms with Gasteiger partial charge in [-0.05, 0) is 24.5 Å². The molecule has 15 heavy (non-hydrogen) atoms. The van der Waals surface area contributed by atoms with E-state index >= 15 is 0 Å². The van der Waals surface area contributed by atoms with Crippen molar-refractivity contribution in [3.63, 3.8) is 0 Å². The molecule has 3 nitrogen and oxygen atoms in total. The first-order valence-electron chi connectivity index (χ1n) is 4.74. The predicted molar refractivity (Wildman–Crippen MR) is 60.0 cm³/mol. The van der Waals surface area contributed by atoms with Crippen LogP contribution >= 0.6 is 11.6 Å². The third kappa shape index (κ3) is 2.76. The topological polar surface area (TPSA) is 38.7 Å². The number of hydrogen-bond acceptors (Lipinski definition) is 3. The maximum absolute atomic E-state index is 8.75. The number of aryl methyl sites for hydroxylation is 1. The van der Waals surface area contributed by atoms with Crippen molar-refractivity contribution >= 4 is 11.6 Å². The number of hydrogen-bond donors (Lipinski definition) is 1. The van der Waals surface area contributed by atoms with Gasteiger partial charge in [0.15, 0.2) is 11.5 Å². The molecule has 0 aliphatic carbocycles. The van der Waals surface area contributed by atoms with Crippen LogP contribution in [0.3, 0.4) is 0 Å². The highest BCUT2D eigenvalue weighted by Gasteiger charge is 2.12. The van der Waals surface area contributed by atoms with Gasteiger partial charge in [0.1, 0.15) is 0 Å². The van der Waals surface area contributed by atoms with Crippen LogP contribution in [-0.4, -0.2) is 25.9 Å². The molecular formula is C11H15ClO3. The van der Waals surface area contributed by atoms with Crippen molar-refractivity contribution in [2.45, 2.75) is 12.8 Å². The van der Waals surface area contributed by atoms with Gasteiger partial charge in [-0.1, -0.05) is 17.7 Å². The van der Waals surface area contributed by atoms with Crippen LogP contribution in [0.4, 0.5) is 0 Å². The Hall–Kier alpha value is -0.930. The lowest BCUT2D eigenvalue weighted by molar-refractivity contribution is 0.288. The Kier molecular flexibility index (Phi) is 4.72. The largest absolute Gasteiger partial charge is 0.493 e. The molecule has 1 rings (SSSR count). The van der Waals surface area contributed by atoms with Crippen molar-refractivity contribution in [1.82, 2.24) is 0 Å². The van der Waals surface area contributed by atoms with E-state index in [1.54, 1.807) is 14.2 Å². The summed E-state index contributed by atoms with van der Waals surface area (Å²) in [5.74, 6) is 1.17. The van der Waals surface area contributed by atoms with Crippen molar-refractivity contribution < 1.29 is 14.6 Å². The van der Waals surface area contributed by atoms with Crippen molar-refractivity contribution in [3.8, 4) is 11.5 Å². The van der Waals surface area contributed by atoms with Gasteiger partial charge in [-0.15, -0.1) is 0 Å². The highest BCUT2D eigenvalue weighted by Crippen LogP contribution is 2.37. The first-order chi connectivity index (χ1) is 7.24. The molecule has 0 saturated carbocycles. The number of benzene rings is 1. The number of aliphatic hydroxyl groups excluding tert-OH is 1. The Morgan fingerprint density at radius 1 is 1.27 bits per heavy atom. The molecule has 0 fully saturated rings. The second-order valence-electron chi connectivity index (χ2n) is 3.10. The fourth-order valence-corrected chi connectivity index (χ4v) is 1.72. The van der Waals surface area contributed by atoms with Gasteiger partial charge in [0.2, 0.25) is 0 Å². The Balaban J connectivity index is 3.00. The lowest BCUT2D eigenvalue weighted by atomic mass is 10.1. The molecule has 4 heteroatoms. The van der Waals surface area contributed by atoms with Crippen LogP contribution in [0.1, 0.15) is 12.0 Å². The number of ether oxygens (including phenoxy) is 2. The smallest absolute Gasteiger partial charge is 0.179 e. The highest BCUT2D eigenvalue weighted by atomic mass is 35.5. The van der Waals surface area contributed by atoms with Crippen LogP contribution in [0.25, 0.3) is 0 Å². The van der Waals surface area contributed by atoms with E-state index < -0.39 is 0 Å². The standard InChI is InChI=1S/C11H15ClO3/c1-14-9-6-5-8(4-3-7-13)10(12)11(9)15-2/h5-6,13H,3-4,7H2,1-2H3.